The van der Waals surface area contributed by atoms with Crippen LogP contribution in [0.25, 0.3) is 11.2 Å². The van der Waals surface area contributed by atoms with Crippen LogP contribution in [0.3, 0.4) is 0 Å². The molecule has 2 aromatic heterocycles. The Hall–Kier alpha value is -1.93. The highest BCUT2D eigenvalue weighted by molar-refractivity contribution is 5.70. The lowest BCUT2D eigenvalue weighted by Gasteiger charge is -2.43. The average Bonchev–Trinajstić information content (AvgIpc) is 2.73. The molecule has 102 valence electrons. The van der Waals surface area contributed by atoms with E-state index < -0.39 is 0 Å². The van der Waals surface area contributed by atoms with Crippen LogP contribution < -0.4 is 11.3 Å². The largest absolute Gasteiger partial charge is 0.396 e. The smallest absolute Gasteiger partial charge is 0.280 e. The van der Waals surface area contributed by atoms with Crippen LogP contribution in [0.5, 0.6) is 0 Å². The van der Waals surface area contributed by atoms with Crippen molar-refractivity contribution in [3.05, 3.63) is 16.7 Å². The first-order chi connectivity index (χ1) is 9.15. The molecule has 3 rings (SSSR count). The first-order valence-electron chi connectivity index (χ1n) is 6.01. The van der Waals surface area contributed by atoms with Gasteiger partial charge in [-0.3, -0.25) is 9.78 Å². The molecule has 3 atom stereocenters. The number of rotatable bonds is 3. The SMILES string of the molecule is COC1C(CO)CC1n1cnc2c(=O)[nH]c(N)nc21. The van der Waals surface area contributed by atoms with Gasteiger partial charge in [0.25, 0.3) is 5.56 Å². The molecule has 8 heteroatoms. The number of ether oxygens (including phenoxy) is 1. The van der Waals surface area contributed by atoms with Crippen molar-refractivity contribution in [3.8, 4) is 0 Å². The lowest BCUT2D eigenvalue weighted by Crippen LogP contribution is -2.46. The van der Waals surface area contributed by atoms with Gasteiger partial charge in [-0.15, -0.1) is 0 Å². The second-order valence-electron chi connectivity index (χ2n) is 4.72. The van der Waals surface area contributed by atoms with Gasteiger partial charge in [-0.25, -0.2) is 4.98 Å². The summed E-state index contributed by atoms with van der Waals surface area (Å²) in [6.07, 6.45) is 2.22. The van der Waals surface area contributed by atoms with Crippen LogP contribution in [0.1, 0.15) is 12.5 Å². The number of imidazole rings is 1. The molecule has 0 aliphatic heterocycles. The second kappa shape index (κ2) is 4.32. The molecule has 0 saturated heterocycles. The number of fused-ring (bicyclic) bond motifs is 1. The summed E-state index contributed by atoms with van der Waals surface area (Å²) >= 11 is 0. The Morgan fingerprint density at radius 1 is 1.68 bits per heavy atom. The van der Waals surface area contributed by atoms with Crippen LogP contribution in [-0.2, 0) is 4.74 Å². The van der Waals surface area contributed by atoms with Crippen LogP contribution in [0.15, 0.2) is 11.1 Å². The maximum Gasteiger partial charge on any atom is 0.280 e. The van der Waals surface area contributed by atoms with E-state index in [0.717, 1.165) is 6.42 Å². The summed E-state index contributed by atoms with van der Waals surface area (Å²) in [6, 6.07) is 0.0147. The Morgan fingerprint density at radius 2 is 2.47 bits per heavy atom. The summed E-state index contributed by atoms with van der Waals surface area (Å²) in [6.45, 7) is 0.0811. The van der Waals surface area contributed by atoms with Gasteiger partial charge in [0.1, 0.15) is 0 Å². The Balaban J connectivity index is 2.05. The maximum absolute atomic E-state index is 11.7. The molecule has 4 N–H and O–H groups in total. The predicted octanol–water partition coefficient (Wildman–Crippen LogP) is -0.730. The Labute approximate surface area is 108 Å². The zero-order chi connectivity index (χ0) is 13.6. The van der Waals surface area contributed by atoms with Crippen molar-refractivity contribution in [2.75, 3.05) is 19.5 Å². The van der Waals surface area contributed by atoms with Gasteiger partial charge in [-0.1, -0.05) is 0 Å². The highest BCUT2D eigenvalue weighted by Gasteiger charge is 2.42. The van der Waals surface area contributed by atoms with Crippen molar-refractivity contribution in [2.24, 2.45) is 5.92 Å². The van der Waals surface area contributed by atoms with Crippen molar-refractivity contribution in [2.45, 2.75) is 18.6 Å². The molecule has 8 nitrogen and oxygen atoms in total. The fourth-order valence-corrected chi connectivity index (χ4v) is 2.68. The van der Waals surface area contributed by atoms with Gasteiger partial charge in [0, 0.05) is 19.6 Å². The standard InChI is InChI=1S/C11H15N5O3/c1-19-8-5(3-17)2-6(8)16-4-13-7-9(16)14-11(12)15-10(7)18/h4-6,8,17H,2-3H2,1H3,(H3,12,14,15,18). The molecular formula is C11H15N5O3. The number of aliphatic hydroxyl groups excluding tert-OH is 1. The van der Waals surface area contributed by atoms with E-state index in [1.54, 1.807) is 18.0 Å². The first kappa shape index (κ1) is 12.1. The third-order valence-corrected chi connectivity index (χ3v) is 3.70. The van der Waals surface area contributed by atoms with Crippen LogP contribution in [0.4, 0.5) is 5.95 Å². The summed E-state index contributed by atoms with van der Waals surface area (Å²) in [4.78, 5) is 22.3. The number of nitrogens with one attached hydrogen (secondary N) is 1. The van der Waals surface area contributed by atoms with E-state index >= 15 is 0 Å². The number of methoxy groups -OCH3 is 1. The van der Waals surface area contributed by atoms with Gasteiger partial charge >= 0.3 is 0 Å². The van der Waals surface area contributed by atoms with Crippen LogP contribution >= 0.6 is 0 Å². The predicted molar refractivity (Wildman–Crippen MR) is 67.6 cm³/mol. The number of nitrogens with zero attached hydrogens (tertiary/aromatic N) is 3. The van der Waals surface area contributed by atoms with Crippen molar-refractivity contribution in [1.82, 2.24) is 19.5 Å². The van der Waals surface area contributed by atoms with Crippen LogP contribution in [0, 0.1) is 5.92 Å². The Bertz CT molecular complexity index is 664. The topological polar surface area (TPSA) is 119 Å². The molecule has 3 unspecified atom stereocenters. The molecule has 0 bridgehead atoms. The minimum Gasteiger partial charge on any atom is -0.396 e. The van der Waals surface area contributed by atoms with Gasteiger partial charge in [-0.05, 0) is 6.42 Å². The molecule has 2 aromatic rings. The normalized spacial score (nSPS) is 26.5. The lowest BCUT2D eigenvalue weighted by molar-refractivity contribution is -0.0813. The zero-order valence-corrected chi connectivity index (χ0v) is 10.4. The number of aromatic nitrogens is 4. The molecule has 0 spiro atoms. The molecule has 1 aliphatic rings. The Kier molecular flexibility index (Phi) is 2.76. The fraction of sp³-hybridized carbons (Fsp3) is 0.545. The maximum atomic E-state index is 11.7. The van der Waals surface area contributed by atoms with E-state index in [1.165, 1.54) is 0 Å². The van der Waals surface area contributed by atoms with E-state index in [2.05, 4.69) is 15.0 Å². The zero-order valence-electron chi connectivity index (χ0n) is 10.4. The number of anilines is 1. The van der Waals surface area contributed by atoms with Gasteiger partial charge in [0.2, 0.25) is 5.95 Å². The molecule has 0 aromatic carbocycles. The van der Waals surface area contributed by atoms with Crippen molar-refractivity contribution < 1.29 is 9.84 Å². The molecule has 0 amide bonds. The lowest BCUT2D eigenvalue weighted by atomic mass is 9.77. The minimum absolute atomic E-state index is 0.0147. The number of hydrogen-bond donors (Lipinski definition) is 3. The average molecular weight is 265 g/mol. The van der Waals surface area contributed by atoms with Crippen molar-refractivity contribution in [3.63, 3.8) is 0 Å². The fourth-order valence-electron chi connectivity index (χ4n) is 2.68. The Morgan fingerprint density at radius 3 is 3.16 bits per heavy atom. The molecule has 1 saturated carbocycles. The summed E-state index contributed by atoms with van der Waals surface area (Å²) < 4.78 is 7.17. The highest BCUT2D eigenvalue weighted by Crippen LogP contribution is 2.40. The van der Waals surface area contributed by atoms with E-state index in [0.29, 0.717) is 5.65 Å². The number of nitrogen functional groups attached to an aromatic ring is 1. The van der Waals surface area contributed by atoms with Gasteiger partial charge in [0.05, 0.1) is 18.5 Å². The highest BCUT2D eigenvalue weighted by atomic mass is 16.5. The van der Waals surface area contributed by atoms with Gasteiger partial charge in [0.15, 0.2) is 11.2 Å². The van der Waals surface area contributed by atoms with Crippen molar-refractivity contribution >= 4 is 17.1 Å². The second-order valence-corrected chi connectivity index (χ2v) is 4.72. The summed E-state index contributed by atoms with van der Waals surface area (Å²) in [7, 11) is 1.60. The van der Waals surface area contributed by atoms with Gasteiger partial charge < -0.3 is 20.1 Å². The van der Waals surface area contributed by atoms with Crippen LogP contribution in [-0.4, -0.2) is 44.4 Å². The molecular weight excluding hydrogens is 250 g/mol. The first-order valence-corrected chi connectivity index (χ1v) is 6.01. The van der Waals surface area contributed by atoms with Gasteiger partial charge in [-0.2, -0.15) is 4.98 Å². The third kappa shape index (κ3) is 1.71. The summed E-state index contributed by atoms with van der Waals surface area (Å²) in [5, 5.41) is 9.21. The molecule has 1 aliphatic carbocycles. The third-order valence-electron chi connectivity index (χ3n) is 3.70. The van der Waals surface area contributed by atoms with Crippen LogP contribution in [0.2, 0.25) is 0 Å². The van der Waals surface area contributed by atoms with E-state index in [9.17, 15) is 9.90 Å². The van der Waals surface area contributed by atoms with E-state index in [-0.39, 0.29) is 41.7 Å². The molecule has 19 heavy (non-hydrogen) atoms. The van der Waals surface area contributed by atoms with E-state index in [4.69, 9.17) is 10.5 Å². The number of H-pyrrole nitrogens is 1. The van der Waals surface area contributed by atoms with Crippen molar-refractivity contribution in [1.29, 1.82) is 0 Å². The summed E-state index contributed by atoms with van der Waals surface area (Å²) in [5.74, 6) is 0.165. The summed E-state index contributed by atoms with van der Waals surface area (Å²) in [5.41, 5.74) is 5.91. The molecule has 1 fully saturated rings. The van der Waals surface area contributed by atoms with E-state index in [1.807, 2.05) is 0 Å². The minimum atomic E-state index is -0.353. The molecule has 2 heterocycles. The number of nitrogens with two attached hydrogens (primary N) is 1. The number of hydrogen-bond acceptors (Lipinski definition) is 6. The monoisotopic (exact) mass is 265 g/mol. The molecule has 0 radical (unpaired) electrons. The number of aromatic amines is 1. The quantitative estimate of drug-likeness (QED) is 0.673. The number of aliphatic hydroxyl groups is 1.